The maximum atomic E-state index is 12.1. The number of amides is 1. The van der Waals surface area contributed by atoms with Crippen LogP contribution in [-0.2, 0) is 16.0 Å². The summed E-state index contributed by atoms with van der Waals surface area (Å²) in [6.45, 7) is 3.15. The van der Waals surface area contributed by atoms with Crippen molar-refractivity contribution in [2.45, 2.75) is 12.5 Å². The van der Waals surface area contributed by atoms with Crippen molar-refractivity contribution in [3.05, 3.63) is 48.0 Å². The second-order valence-electron chi connectivity index (χ2n) is 5.92. The Kier molecular flexibility index (Phi) is 4.71. The summed E-state index contributed by atoms with van der Waals surface area (Å²) in [6, 6.07) is 14.4. The van der Waals surface area contributed by atoms with E-state index in [0.29, 0.717) is 13.0 Å². The average Bonchev–Trinajstić information content (AvgIpc) is 2.53. The number of carbonyl (C=O) groups is 1. The molecule has 1 N–H and O–H groups in total. The van der Waals surface area contributed by atoms with Gasteiger partial charge in [-0.15, -0.1) is 0 Å². The zero-order valence-electron chi connectivity index (χ0n) is 12.9. The molecule has 2 aromatic carbocycles. The Morgan fingerprint density at radius 1 is 1.27 bits per heavy atom. The van der Waals surface area contributed by atoms with Crippen molar-refractivity contribution in [1.82, 2.24) is 10.2 Å². The molecule has 1 saturated heterocycles. The lowest BCUT2D eigenvalue weighted by atomic mass is 10.0. The number of likely N-dealkylation sites (N-methyl/N-ethyl adjacent to an activating group) is 1. The molecule has 0 aromatic heterocycles. The van der Waals surface area contributed by atoms with Gasteiger partial charge >= 0.3 is 0 Å². The Labute approximate surface area is 131 Å². The highest BCUT2D eigenvalue weighted by Gasteiger charge is 2.18. The van der Waals surface area contributed by atoms with Crippen molar-refractivity contribution in [3.63, 3.8) is 0 Å². The molecule has 1 heterocycles. The fourth-order valence-corrected chi connectivity index (χ4v) is 2.81. The van der Waals surface area contributed by atoms with Crippen LogP contribution in [-0.4, -0.2) is 50.2 Å². The van der Waals surface area contributed by atoms with Gasteiger partial charge < -0.3 is 15.0 Å². The topological polar surface area (TPSA) is 41.6 Å². The van der Waals surface area contributed by atoms with E-state index in [1.54, 1.807) is 0 Å². The van der Waals surface area contributed by atoms with E-state index in [2.05, 4.69) is 41.5 Å². The molecule has 1 atom stereocenters. The van der Waals surface area contributed by atoms with Gasteiger partial charge in [0, 0.05) is 19.6 Å². The lowest BCUT2D eigenvalue weighted by Gasteiger charge is -2.30. The van der Waals surface area contributed by atoms with Crippen LogP contribution in [0.25, 0.3) is 10.8 Å². The van der Waals surface area contributed by atoms with E-state index in [0.717, 1.165) is 25.3 Å². The maximum Gasteiger partial charge on any atom is 0.224 e. The van der Waals surface area contributed by atoms with Crippen LogP contribution in [0.5, 0.6) is 0 Å². The van der Waals surface area contributed by atoms with Crippen LogP contribution in [0.3, 0.4) is 0 Å². The third kappa shape index (κ3) is 3.84. The minimum Gasteiger partial charge on any atom is -0.374 e. The number of hydrogen-bond donors (Lipinski definition) is 1. The van der Waals surface area contributed by atoms with Crippen LogP contribution in [0.2, 0.25) is 0 Å². The van der Waals surface area contributed by atoms with Crippen molar-refractivity contribution < 1.29 is 9.53 Å². The summed E-state index contributed by atoms with van der Waals surface area (Å²) in [7, 11) is 2.08. The lowest BCUT2D eigenvalue weighted by Crippen LogP contribution is -2.46. The highest BCUT2D eigenvalue weighted by atomic mass is 16.5. The highest BCUT2D eigenvalue weighted by Crippen LogP contribution is 2.15. The number of benzene rings is 2. The van der Waals surface area contributed by atoms with E-state index in [-0.39, 0.29) is 12.0 Å². The van der Waals surface area contributed by atoms with Gasteiger partial charge in [-0.2, -0.15) is 0 Å². The molecule has 1 amide bonds. The zero-order valence-corrected chi connectivity index (χ0v) is 12.9. The second-order valence-corrected chi connectivity index (χ2v) is 5.92. The second kappa shape index (κ2) is 6.90. The van der Waals surface area contributed by atoms with Crippen LogP contribution in [0.1, 0.15) is 5.56 Å². The lowest BCUT2D eigenvalue weighted by molar-refractivity contribution is -0.121. The average molecular weight is 298 g/mol. The Bertz CT molecular complexity index is 656. The molecule has 0 unspecified atom stereocenters. The molecule has 1 fully saturated rings. The third-order valence-electron chi connectivity index (χ3n) is 4.05. The van der Waals surface area contributed by atoms with Crippen LogP contribution >= 0.6 is 0 Å². The molecule has 0 spiro atoms. The summed E-state index contributed by atoms with van der Waals surface area (Å²) in [6.07, 6.45) is 0.507. The summed E-state index contributed by atoms with van der Waals surface area (Å²) < 4.78 is 5.65. The molecule has 0 aliphatic carbocycles. The number of ether oxygens (including phenoxy) is 1. The summed E-state index contributed by atoms with van der Waals surface area (Å²) in [4.78, 5) is 14.3. The molecule has 1 aliphatic rings. The van der Waals surface area contributed by atoms with E-state index in [4.69, 9.17) is 4.74 Å². The number of nitrogens with one attached hydrogen (secondary N) is 1. The number of morpholine rings is 1. The van der Waals surface area contributed by atoms with Gasteiger partial charge in [-0.25, -0.2) is 0 Å². The van der Waals surface area contributed by atoms with Gasteiger partial charge in [0.05, 0.1) is 19.1 Å². The molecular formula is C18H22N2O2. The first-order valence-electron chi connectivity index (χ1n) is 7.75. The number of hydrogen-bond acceptors (Lipinski definition) is 3. The van der Waals surface area contributed by atoms with E-state index < -0.39 is 0 Å². The van der Waals surface area contributed by atoms with Crippen molar-refractivity contribution in [3.8, 4) is 0 Å². The van der Waals surface area contributed by atoms with Crippen LogP contribution < -0.4 is 5.32 Å². The zero-order chi connectivity index (χ0) is 15.4. The SMILES string of the molecule is CN1CCO[C@@H](CNC(=O)Cc2ccc3ccccc3c2)C1. The fourth-order valence-electron chi connectivity index (χ4n) is 2.81. The van der Waals surface area contributed by atoms with E-state index >= 15 is 0 Å². The molecule has 0 radical (unpaired) electrons. The van der Waals surface area contributed by atoms with E-state index in [9.17, 15) is 4.79 Å². The summed E-state index contributed by atoms with van der Waals surface area (Å²) >= 11 is 0. The molecule has 1 aliphatic heterocycles. The first-order chi connectivity index (χ1) is 10.7. The Morgan fingerprint density at radius 2 is 2.09 bits per heavy atom. The molecule has 2 aromatic rings. The van der Waals surface area contributed by atoms with Gasteiger partial charge in [0.25, 0.3) is 0 Å². The van der Waals surface area contributed by atoms with Gasteiger partial charge in [-0.05, 0) is 23.4 Å². The van der Waals surface area contributed by atoms with E-state index in [1.807, 2.05) is 18.2 Å². The van der Waals surface area contributed by atoms with Crippen molar-refractivity contribution in [2.24, 2.45) is 0 Å². The fraction of sp³-hybridized carbons (Fsp3) is 0.389. The monoisotopic (exact) mass is 298 g/mol. The van der Waals surface area contributed by atoms with Crippen LogP contribution in [0, 0.1) is 0 Å². The van der Waals surface area contributed by atoms with Crippen molar-refractivity contribution in [1.29, 1.82) is 0 Å². The van der Waals surface area contributed by atoms with Crippen LogP contribution in [0.15, 0.2) is 42.5 Å². The highest BCUT2D eigenvalue weighted by molar-refractivity contribution is 5.85. The maximum absolute atomic E-state index is 12.1. The first-order valence-corrected chi connectivity index (χ1v) is 7.75. The smallest absolute Gasteiger partial charge is 0.224 e. The first kappa shape index (κ1) is 15.0. The molecule has 4 nitrogen and oxygen atoms in total. The largest absolute Gasteiger partial charge is 0.374 e. The third-order valence-corrected chi connectivity index (χ3v) is 4.05. The standard InChI is InChI=1S/C18H22N2O2/c1-20-8-9-22-17(13-20)12-19-18(21)11-14-6-7-15-4-2-3-5-16(15)10-14/h2-7,10,17H,8-9,11-13H2,1H3,(H,19,21)/t17-/m0/s1. The minimum absolute atomic E-state index is 0.0482. The quantitative estimate of drug-likeness (QED) is 0.936. The number of rotatable bonds is 4. The summed E-state index contributed by atoms with van der Waals surface area (Å²) in [5.74, 6) is 0.0482. The Morgan fingerprint density at radius 3 is 2.91 bits per heavy atom. The van der Waals surface area contributed by atoms with Gasteiger partial charge in [-0.1, -0.05) is 42.5 Å². The van der Waals surface area contributed by atoms with E-state index in [1.165, 1.54) is 10.8 Å². The Balaban J connectivity index is 1.54. The molecule has 3 rings (SSSR count). The summed E-state index contributed by atoms with van der Waals surface area (Å²) in [5, 5.41) is 5.35. The molecule has 0 bridgehead atoms. The predicted octanol–water partition coefficient (Wildman–Crippen LogP) is 1.83. The van der Waals surface area contributed by atoms with Gasteiger partial charge in [0.2, 0.25) is 5.91 Å². The van der Waals surface area contributed by atoms with Gasteiger partial charge in [-0.3, -0.25) is 4.79 Å². The number of fused-ring (bicyclic) bond motifs is 1. The summed E-state index contributed by atoms with van der Waals surface area (Å²) in [5.41, 5.74) is 1.04. The van der Waals surface area contributed by atoms with Gasteiger partial charge in [0.15, 0.2) is 0 Å². The minimum atomic E-state index is 0.0482. The molecule has 22 heavy (non-hydrogen) atoms. The molecular weight excluding hydrogens is 276 g/mol. The molecule has 4 heteroatoms. The van der Waals surface area contributed by atoms with Crippen molar-refractivity contribution in [2.75, 3.05) is 33.3 Å². The number of carbonyl (C=O) groups excluding carboxylic acids is 1. The van der Waals surface area contributed by atoms with Crippen molar-refractivity contribution >= 4 is 16.7 Å². The molecule has 116 valence electrons. The van der Waals surface area contributed by atoms with Gasteiger partial charge in [0.1, 0.15) is 0 Å². The normalized spacial score (nSPS) is 19.2. The predicted molar refractivity (Wildman–Crippen MR) is 87.9 cm³/mol. The number of nitrogens with zero attached hydrogens (tertiary/aromatic N) is 1. The van der Waals surface area contributed by atoms with Crippen LogP contribution in [0.4, 0.5) is 0 Å². The Hall–Kier alpha value is -1.91. The molecule has 0 saturated carbocycles.